The van der Waals surface area contributed by atoms with Crippen LogP contribution in [0.3, 0.4) is 0 Å². The van der Waals surface area contributed by atoms with Gasteiger partial charge in [0.2, 0.25) is 0 Å². The van der Waals surface area contributed by atoms with Gasteiger partial charge in [-0.15, -0.1) is 0 Å². The summed E-state index contributed by atoms with van der Waals surface area (Å²) in [4.78, 5) is 6.94. The van der Waals surface area contributed by atoms with Crippen LogP contribution in [0.15, 0.2) is 54.7 Å². The molecule has 118 valence electrons. The van der Waals surface area contributed by atoms with Crippen LogP contribution in [0.4, 0.5) is 5.69 Å². The van der Waals surface area contributed by atoms with Crippen molar-refractivity contribution >= 4 is 16.6 Å². The molecule has 3 heteroatoms. The van der Waals surface area contributed by atoms with Crippen LogP contribution in [0.25, 0.3) is 22.0 Å². The standard InChI is InChI=1S/C21H19N3/c1-15-6-5-11-24(15)18-9-10-20-19(12-18)21(17(13-22)14-23-20)16-7-3-2-4-8-16/h2-4,7-10,12,14-15H,5-6,11H2,1H3. The van der Waals surface area contributed by atoms with Crippen molar-refractivity contribution in [2.75, 3.05) is 11.4 Å². The van der Waals surface area contributed by atoms with E-state index in [0.29, 0.717) is 11.6 Å². The van der Waals surface area contributed by atoms with Crippen LogP contribution in [0.5, 0.6) is 0 Å². The van der Waals surface area contributed by atoms with Crippen molar-refractivity contribution in [2.45, 2.75) is 25.8 Å². The lowest BCUT2D eigenvalue weighted by Gasteiger charge is -2.24. The minimum atomic E-state index is 0.565. The molecular formula is C21H19N3. The maximum atomic E-state index is 9.56. The van der Waals surface area contributed by atoms with Gasteiger partial charge in [0.15, 0.2) is 0 Å². The third-order valence-electron chi connectivity index (χ3n) is 4.92. The second-order valence-corrected chi connectivity index (χ2v) is 6.41. The molecule has 0 bridgehead atoms. The Bertz CT molecular complexity index is 925. The van der Waals surface area contributed by atoms with Crippen LogP contribution in [-0.2, 0) is 0 Å². The molecule has 2 aromatic carbocycles. The quantitative estimate of drug-likeness (QED) is 0.684. The van der Waals surface area contributed by atoms with Gasteiger partial charge in [0.25, 0.3) is 0 Å². The van der Waals surface area contributed by atoms with Crippen molar-refractivity contribution < 1.29 is 0 Å². The first-order chi connectivity index (χ1) is 11.8. The van der Waals surface area contributed by atoms with E-state index in [0.717, 1.165) is 28.6 Å². The van der Waals surface area contributed by atoms with Crippen LogP contribution in [-0.4, -0.2) is 17.6 Å². The Morgan fingerprint density at radius 3 is 2.71 bits per heavy atom. The third-order valence-corrected chi connectivity index (χ3v) is 4.92. The van der Waals surface area contributed by atoms with Crippen LogP contribution >= 0.6 is 0 Å². The first kappa shape index (κ1) is 14.7. The lowest BCUT2D eigenvalue weighted by molar-refractivity contribution is 0.735. The zero-order valence-electron chi connectivity index (χ0n) is 13.7. The fourth-order valence-electron chi connectivity index (χ4n) is 3.68. The molecule has 0 radical (unpaired) electrons. The molecule has 2 heterocycles. The van der Waals surface area contributed by atoms with Gasteiger partial charge in [-0.2, -0.15) is 5.26 Å². The Kier molecular flexibility index (Phi) is 3.66. The van der Waals surface area contributed by atoms with E-state index in [9.17, 15) is 5.26 Å². The molecule has 1 unspecified atom stereocenters. The summed E-state index contributed by atoms with van der Waals surface area (Å²) >= 11 is 0. The fraction of sp³-hybridized carbons (Fsp3) is 0.238. The third kappa shape index (κ3) is 2.41. The van der Waals surface area contributed by atoms with Crippen molar-refractivity contribution in [1.29, 1.82) is 5.26 Å². The van der Waals surface area contributed by atoms with Gasteiger partial charge in [-0.25, -0.2) is 0 Å². The minimum absolute atomic E-state index is 0.565. The van der Waals surface area contributed by atoms with Crippen molar-refractivity contribution in [1.82, 2.24) is 4.98 Å². The highest BCUT2D eigenvalue weighted by atomic mass is 15.2. The van der Waals surface area contributed by atoms with Crippen molar-refractivity contribution in [2.24, 2.45) is 0 Å². The molecule has 1 aliphatic rings. The van der Waals surface area contributed by atoms with Gasteiger partial charge in [0.1, 0.15) is 6.07 Å². The Balaban J connectivity index is 1.96. The van der Waals surface area contributed by atoms with Gasteiger partial charge in [-0.3, -0.25) is 4.98 Å². The molecule has 24 heavy (non-hydrogen) atoms. The minimum Gasteiger partial charge on any atom is -0.369 e. The monoisotopic (exact) mass is 313 g/mol. The maximum Gasteiger partial charge on any atom is 0.101 e. The first-order valence-corrected chi connectivity index (χ1v) is 8.43. The van der Waals surface area contributed by atoms with Crippen LogP contribution in [0.1, 0.15) is 25.3 Å². The summed E-state index contributed by atoms with van der Waals surface area (Å²) in [7, 11) is 0. The van der Waals surface area contributed by atoms with E-state index in [1.807, 2.05) is 18.2 Å². The number of nitrogens with zero attached hydrogens (tertiary/aromatic N) is 3. The van der Waals surface area contributed by atoms with Gasteiger partial charge < -0.3 is 4.90 Å². The second kappa shape index (κ2) is 5.98. The number of hydrogen-bond acceptors (Lipinski definition) is 3. The molecule has 1 aromatic heterocycles. The maximum absolute atomic E-state index is 9.56. The van der Waals surface area contributed by atoms with E-state index in [1.54, 1.807) is 6.20 Å². The number of nitriles is 1. The van der Waals surface area contributed by atoms with Crippen LogP contribution in [0.2, 0.25) is 0 Å². The molecule has 0 N–H and O–H groups in total. The van der Waals surface area contributed by atoms with E-state index >= 15 is 0 Å². The number of aromatic nitrogens is 1. The molecule has 1 fully saturated rings. The highest BCUT2D eigenvalue weighted by Crippen LogP contribution is 2.34. The lowest BCUT2D eigenvalue weighted by atomic mass is 9.96. The summed E-state index contributed by atoms with van der Waals surface area (Å²) in [5.74, 6) is 0. The molecule has 1 atom stereocenters. The predicted octanol–water partition coefficient (Wildman–Crippen LogP) is 4.76. The molecule has 0 amide bonds. The van der Waals surface area contributed by atoms with Gasteiger partial charge in [-0.1, -0.05) is 30.3 Å². The first-order valence-electron chi connectivity index (χ1n) is 8.43. The van der Waals surface area contributed by atoms with E-state index in [-0.39, 0.29) is 0 Å². The van der Waals surface area contributed by atoms with Crippen molar-refractivity contribution in [3.05, 3.63) is 60.3 Å². The van der Waals surface area contributed by atoms with Crippen molar-refractivity contribution in [3.63, 3.8) is 0 Å². The summed E-state index contributed by atoms with van der Waals surface area (Å²) < 4.78 is 0. The van der Waals surface area contributed by atoms with E-state index < -0.39 is 0 Å². The number of pyridine rings is 1. The Morgan fingerprint density at radius 1 is 1.17 bits per heavy atom. The average molecular weight is 313 g/mol. The van der Waals surface area contributed by atoms with Gasteiger partial charge >= 0.3 is 0 Å². The smallest absolute Gasteiger partial charge is 0.101 e. The summed E-state index contributed by atoms with van der Waals surface area (Å²) in [5.41, 5.74) is 4.83. The summed E-state index contributed by atoms with van der Waals surface area (Å²) in [6.45, 7) is 3.37. The molecule has 0 spiro atoms. The number of fused-ring (bicyclic) bond motifs is 1. The fourth-order valence-corrected chi connectivity index (χ4v) is 3.68. The highest BCUT2D eigenvalue weighted by Gasteiger charge is 2.21. The van der Waals surface area contributed by atoms with E-state index in [2.05, 4.69) is 53.2 Å². The van der Waals surface area contributed by atoms with Crippen molar-refractivity contribution in [3.8, 4) is 17.2 Å². The molecule has 1 saturated heterocycles. The summed E-state index contributed by atoms with van der Waals surface area (Å²) in [5, 5.41) is 10.6. The second-order valence-electron chi connectivity index (χ2n) is 6.41. The van der Waals surface area contributed by atoms with E-state index in [1.165, 1.54) is 18.5 Å². The zero-order valence-corrected chi connectivity index (χ0v) is 13.7. The molecule has 3 aromatic rings. The molecular weight excluding hydrogens is 294 g/mol. The van der Waals surface area contributed by atoms with Gasteiger partial charge in [-0.05, 0) is 43.5 Å². The van der Waals surface area contributed by atoms with Crippen LogP contribution < -0.4 is 4.90 Å². The molecule has 0 aliphatic carbocycles. The average Bonchev–Trinajstić information content (AvgIpc) is 3.07. The Labute approximate surface area is 142 Å². The number of anilines is 1. The number of rotatable bonds is 2. The zero-order chi connectivity index (χ0) is 16.5. The Morgan fingerprint density at radius 2 is 2.00 bits per heavy atom. The Hall–Kier alpha value is -2.86. The summed E-state index contributed by atoms with van der Waals surface area (Å²) in [6.07, 6.45) is 4.16. The topological polar surface area (TPSA) is 39.9 Å². The molecule has 4 rings (SSSR count). The summed E-state index contributed by atoms with van der Waals surface area (Å²) in [6, 6.07) is 19.4. The molecule has 1 aliphatic heterocycles. The normalized spacial score (nSPS) is 17.2. The molecule has 0 saturated carbocycles. The lowest BCUT2D eigenvalue weighted by Crippen LogP contribution is -2.26. The van der Waals surface area contributed by atoms with Gasteiger partial charge in [0.05, 0.1) is 11.1 Å². The SMILES string of the molecule is CC1CCCN1c1ccc2ncc(C#N)c(-c3ccccc3)c2c1. The molecule has 3 nitrogen and oxygen atoms in total. The van der Waals surface area contributed by atoms with Crippen LogP contribution in [0, 0.1) is 11.3 Å². The predicted molar refractivity (Wildman–Crippen MR) is 97.9 cm³/mol. The number of hydrogen-bond donors (Lipinski definition) is 0. The van der Waals surface area contributed by atoms with E-state index in [4.69, 9.17) is 0 Å². The largest absolute Gasteiger partial charge is 0.369 e. The number of benzene rings is 2. The van der Waals surface area contributed by atoms with Gasteiger partial charge in [0, 0.05) is 35.4 Å². The highest BCUT2D eigenvalue weighted by molar-refractivity contribution is 5.98.